The first-order valence-electron chi connectivity index (χ1n) is 7.75. The smallest absolute Gasteiger partial charge is 0.274 e. The van der Waals surface area contributed by atoms with Crippen LogP contribution in [0.5, 0.6) is 0 Å². The second-order valence-corrected chi connectivity index (χ2v) is 6.11. The maximum absolute atomic E-state index is 12.4. The number of carbonyl (C=O) groups excluding carboxylic acids is 1. The Morgan fingerprint density at radius 1 is 1.08 bits per heavy atom. The Kier molecular flexibility index (Phi) is 4.95. The van der Waals surface area contributed by atoms with Crippen LogP contribution in [0.1, 0.15) is 21.6 Å². The van der Waals surface area contributed by atoms with E-state index < -0.39 is 0 Å². The minimum atomic E-state index is -0.293. The molecule has 1 heterocycles. The molecular weight excluding hydrogens is 336 g/mol. The van der Waals surface area contributed by atoms with E-state index >= 15 is 0 Å². The van der Waals surface area contributed by atoms with Crippen LogP contribution in [0.2, 0.25) is 5.02 Å². The normalized spacial score (nSPS) is 10.4. The Morgan fingerprint density at radius 3 is 2.72 bits per heavy atom. The third-order valence-electron chi connectivity index (χ3n) is 3.61. The summed E-state index contributed by atoms with van der Waals surface area (Å²) in [7, 11) is 0. The summed E-state index contributed by atoms with van der Waals surface area (Å²) in [4.78, 5) is 20.8. The summed E-state index contributed by atoms with van der Waals surface area (Å²) in [5, 5.41) is 6.54. The van der Waals surface area contributed by atoms with Crippen LogP contribution in [0.3, 0.4) is 0 Å². The van der Waals surface area contributed by atoms with Gasteiger partial charge in [-0.2, -0.15) is 0 Å². The Bertz CT molecular complexity index is 927. The molecule has 1 aromatic heterocycles. The van der Waals surface area contributed by atoms with Gasteiger partial charge in [-0.3, -0.25) is 4.79 Å². The molecule has 0 saturated carbocycles. The lowest BCUT2D eigenvalue weighted by Gasteiger charge is -2.10. The number of aryl methyl sites for hydroxylation is 2. The van der Waals surface area contributed by atoms with E-state index in [0.717, 1.165) is 22.5 Å². The molecule has 3 rings (SSSR count). The summed E-state index contributed by atoms with van der Waals surface area (Å²) in [6.45, 7) is 3.92. The Morgan fingerprint density at radius 2 is 1.92 bits per heavy atom. The molecule has 1 amide bonds. The number of benzene rings is 2. The highest BCUT2D eigenvalue weighted by atomic mass is 35.5. The molecule has 126 valence electrons. The Balaban J connectivity index is 1.79. The van der Waals surface area contributed by atoms with Gasteiger partial charge in [0.05, 0.1) is 0 Å². The van der Waals surface area contributed by atoms with E-state index in [9.17, 15) is 4.79 Å². The van der Waals surface area contributed by atoms with Gasteiger partial charge in [0, 0.05) is 22.6 Å². The number of carbonyl (C=O) groups is 1. The summed E-state index contributed by atoms with van der Waals surface area (Å²) >= 11 is 6.02. The van der Waals surface area contributed by atoms with Crippen molar-refractivity contribution in [3.05, 3.63) is 76.6 Å². The minimum absolute atomic E-state index is 0.277. The molecule has 0 bridgehead atoms. The molecule has 5 nitrogen and oxygen atoms in total. The fourth-order valence-electron chi connectivity index (χ4n) is 2.31. The van der Waals surface area contributed by atoms with Gasteiger partial charge in [0.25, 0.3) is 5.91 Å². The minimum Gasteiger partial charge on any atom is -0.324 e. The fourth-order valence-corrected chi connectivity index (χ4v) is 2.48. The van der Waals surface area contributed by atoms with Gasteiger partial charge in [0.15, 0.2) is 0 Å². The highest BCUT2D eigenvalue weighted by Gasteiger charge is 2.10. The van der Waals surface area contributed by atoms with Gasteiger partial charge in [-0.25, -0.2) is 9.97 Å². The number of nitrogens with zero attached hydrogens (tertiary/aromatic N) is 2. The Labute approximate surface area is 151 Å². The molecular formula is C19H17ClN4O. The largest absolute Gasteiger partial charge is 0.324 e. The maximum Gasteiger partial charge on any atom is 0.274 e. The number of rotatable bonds is 4. The molecule has 25 heavy (non-hydrogen) atoms. The molecule has 0 aliphatic heterocycles. The monoisotopic (exact) mass is 352 g/mol. The molecule has 0 atom stereocenters. The summed E-state index contributed by atoms with van der Waals surface area (Å²) in [6.07, 6.45) is 1.54. The van der Waals surface area contributed by atoms with Crippen LogP contribution in [-0.4, -0.2) is 15.9 Å². The molecule has 2 N–H and O–H groups in total. The maximum atomic E-state index is 12.4. The van der Waals surface area contributed by atoms with Crippen LogP contribution in [-0.2, 0) is 0 Å². The van der Waals surface area contributed by atoms with Crippen molar-refractivity contribution in [1.82, 2.24) is 9.97 Å². The number of hydrogen-bond acceptors (Lipinski definition) is 4. The van der Waals surface area contributed by atoms with E-state index in [1.807, 2.05) is 50.2 Å². The van der Waals surface area contributed by atoms with Gasteiger partial charge in [-0.05, 0) is 55.3 Å². The number of halogens is 1. The third kappa shape index (κ3) is 4.33. The van der Waals surface area contributed by atoms with Gasteiger partial charge < -0.3 is 10.6 Å². The molecule has 3 aromatic rings. The van der Waals surface area contributed by atoms with E-state index in [1.54, 1.807) is 18.3 Å². The van der Waals surface area contributed by atoms with Crippen LogP contribution in [0.4, 0.5) is 17.3 Å². The van der Waals surface area contributed by atoms with Crippen molar-refractivity contribution in [2.75, 3.05) is 10.6 Å². The second-order valence-electron chi connectivity index (χ2n) is 5.67. The van der Waals surface area contributed by atoms with Crippen LogP contribution in [0.15, 0.2) is 54.7 Å². The lowest BCUT2D eigenvalue weighted by molar-refractivity contribution is 0.102. The summed E-state index contributed by atoms with van der Waals surface area (Å²) in [6, 6.07) is 14.7. The van der Waals surface area contributed by atoms with Crippen LogP contribution >= 0.6 is 11.6 Å². The highest BCUT2D eigenvalue weighted by Crippen LogP contribution is 2.22. The standard InChI is InChI=1S/C19H17ClN4O/c1-12-4-3-5-15(10-12)22-18(25)16-8-9-21-19(23-16)24-17-11-14(20)7-6-13(17)2/h3-11H,1-2H3,(H,22,25)(H,21,23,24). The van der Waals surface area contributed by atoms with Gasteiger partial charge in [0.2, 0.25) is 5.95 Å². The zero-order valence-corrected chi connectivity index (χ0v) is 14.6. The van der Waals surface area contributed by atoms with E-state index in [2.05, 4.69) is 20.6 Å². The van der Waals surface area contributed by atoms with Crippen LogP contribution in [0.25, 0.3) is 0 Å². The number of anilines is 3. The zero-order chi connectivity index (χ0) is 17.8. The average Bonchev–Trinajstić information content (AvgIpc) is 2.58. The van der Waals surface area contributed by atoms with Crippen molar-refractivity contribution in [3.63, 3.8) is 0 Å². The predicted octanol–water partition coefficient (Wildman–Crippen LogP) is 4.74. The first-order chi connectivity index (χ1) is 12.0. The molecule has 0 spiro atoms. The van der Waals surface area contributed by atoms with Gasteiger partial charge in [-0.15, -0.1) is 0 Å². The van der Waals surface area contributed by atoms with E-state index in [0.29, 0.717) is 11.0 Å². The fraction of sp³-hybridized carbons (Fsp3) is 0.105. The number of amides is 1. The molecule has 0 fully saturated rings. The molecule has 0 aliphatic rings. The quantitative estimate of drug-likeness (QED) is 0.711. The van der Waals surface area contributed by atoms with E-state index in [4.69, 9.17) is 11.6 Å². The third-order valence-corrected chi connectivity index (χ3v) is 3.85. The van der Waals surface area contributed by atoms with Crippen molar-refractivity contribution >= 4 is 34.8 Å². The zero-order valence-electron chi connectivity index (χ0n) is 13.9. The second kappa shape index (κ2) is 7.32. The van der Waals surface area contributed by atoms with Crippen molar-refractivity contribution in [2.45, 2.75) is 13.8 Å². The number of hydrogen-bond donors (Lipinski definition) is 2. The van der Waals surface area contributed by atoms with Crippen molar-refractivity contribution in [3.8, 4) is 0 Å². The van der Waals surface area contributed by atoms with Gasteiger partial charge in [0.1, 0.15) is 5.69 Å². The highest BCUT2D eigenvalue weighted by molar-refractivity contribution is 6.30. The average molecular weight is 353 g/mol. The Hall–Kier alpha value is -2.92. The number of aromatic nitrogens is 2. The summed E-state index contributed by atoms with van der Waals surface area (Å²) in [5.74, 6) is 0.0427. The van der Waals surface area contributed by atoms with Crippen LogP contribution in [0, 0.1) is 13.8 Å². The molecule has 2 aromatic carbocycles. The summed E-state index contributed by atoms with van der Waals surface area (Å²) < 4.78 is 0. The SMILES string of the molecule is Cc1cccc(NC(=O)c2ccnc(Nc3cc(Cl)ccc3C)n2)c1. The van der Waals surface area contributed by atoms with Crippen molar-refractivity contribution < 1.29 is 4.79 Å². The number of nitrogens with one attached hydrogen (secondary N) is 2. The van der Waals surface area contributed by atoms with Crippen molar-refractivity contribution in [2.24, 2.45) is 0 Å². The summed E-state index contributed by atoms with van der Waals surface area (Å²) in [5.41, 5.74) is 3.87. The first-order valence-corrected chi connectivity index (χ1v) is 8.13. The molecule has 0 aliphatic carbocycles. The van der Waals surface area contributed by atoms with Gasteiger partial charge in [-0.1, -0.05) is 29.8 Å². The lowest BCUT2D eigenvalue weighted by Crippen LogP contribution is -2.14. The van der Waals surface area contributed by atoms with Crippen molar-refractivity contribution in [1.29, 1.82) is 0 Å². The predicted molar refractivity (Wildman–Crippen MR) is 101 cm³/mol. The molecule has 6 heteroatoms. The van der Waals surface area contributed by atoms with E-state index in [1.165, 1.54) is 0 Å². The van der Waals surface area contributed by atoms with Gasteiger partial charge >= 0.3 is 0 Å². The lowest BCUT2D eigenvalue weighted by atomic mass is 10.2. The topological polar surface area (TPSA) is 66.9 Å². The molecule has 0 radical (unpaired) electrons. The molecule has 0 saturated heterocycles. The molecule has 0 unspecified atom stereocenters. The van der Waals surface area contributed by atoms with Crippen LogP contribution < -0.4 is 10.6 Å². The first kappa shape index (κ1) is 16.9. The van der Waals surface area contributed by atoms with E-state index in [-0.39, 0.29) is 11.6 Å².